The highest BCUT2D eigenvalue weighted by atomic mass is 32.2. The highest BCUT2D eigenvalue weighted by Gasteiger charge is 2.18. The maximum Gasteiger partial charge on any atom is 0.238 e. The van der Waals surface area contributed by atoms with E-state index in [0.29, 0.717) is 0 Å². The maximum atomic E-state index is 11.9. The van der Waals surface area contributed by atoms with Crippen molar-refractivity contribution in [3.8, 4) is 0 Å². The third-order valence-corrected chi connectivity index (χ3v) is 5.78. The van der Waals surface area contributed by atoms with E-state index >= 15 is 0 Å². The monoisotopic (exact) mass is 378 g/mol. The minimum absolute atomic E-state index is 0.0430. The van der Waals surface area contributed by atoms with Crippen LogP contribution >= 0.6 is 11.8 Å². The molecule has 0 atom stereocenters. The lowest BCUT2D eigenvalue weighted by atomic mass is 10.1. The van der Waals surface area contributed by atoms with Crippen LogP contribution in [0.25, 0.3) is 10.9 Å². The number of nitrogens with one attached hydrogen (secondary N) is 1. The lowest BCUT2D eigenvalue weighted by Crippen LogP contribution is -2.26. The summed E-state index contributed by atoms with van der Waals surface area (Å²) in [6.07, 6.45) is 0. The normalized spacial score (nSPS) is 13.9. The number of carbonyl (C=O) groups is 1. The predicted octanol–water partition coefficient (Wildman–Crippen LogP) is 3.55. The molecule has 3 aromatic rings. The number of hydrogen-bond donors (Lipinski definition) is 2. The molecule has 2 heterocycles. The van der Waals surface area contributed by atoms with Gasteiger partial charge in [-0.25, -0.2) is 4.98 Å². The number of carbonyl (C=O) groups excluding carboxylic acids is 1. The Hall–Kier alpha value is -2.57. The van der Waals surface area contributed by atoms with Crippen LogP contribution in [-0.4, -0.2) is 29.7 Å². The summed E-state index contributed by atoms with van der Waals surface area (Å²) >= 11 is 1.88. The van der Waals surface area contributed by atoms with Crippen LogP contribution in [0.1, 0.15) is 11.1 Å². The molecule has 6 heteroatoms. The van der Waals surface area contributed by atoms with Gasteiger partial charge in [-0.05, 0) is 30.7 Å². The quantitative estimate of drug-likeness (QED) is 0.729. The summed E-state index contributed by atoms with van der Waals surface area (Å²) < 4.78 is 0. The molecular weight excluding hydrogens is 356 g/mol. The van der Waals surface area contributed by atoms with E-state index in [1.165, 1.54) is 10.5 Å². The second-order valence-corrected chi connectivity index (χ2v) is 7.82. The van der Waals surface area contributed by atoms with Crippen LogP contribution in [-0.2, 0) is 11.3 Å². The lowest BCUT2D eigenvalue weighted by molar-refractivity contribution is -0.114. The van der Waals surface area contributed by atoms with Crippen LogP contribution in [0.15, 0.2) is 53.4 Å². The van der Waals surface area contributed by atoms with Gasteiger partial charge in [0.2, 0.25) is 5.91 Å². The van der Waals surface area contributed by atoms with Gasteiger partial charge in [0.15, 0.2) is 0 Å². The van der Waals surface area contributed by atoms with Gasteiger partial charge >= 0.3 is 0 Å². The van der Waals surface area contributed by atoms with Gasteiger partial charge in [0, 0.05) is 35.2 Å². The number of aromatic nitrogens is 1. The first-order valence-corrected chi connectivity index (χ1v) is 9.99. The number of rotatable bonds is 3. The molecule has 1 aromatic heterocycles. The van der Waals surface area contributed by atoms with Crippen molar-refractivity contribution < 1.29 is 4.79 Å². The molecule has 1 amide bonds. The number of amides is 1. The van der Waals surface area contributed by atoms with Crippen LogP contribution in [0.3, 0.4) is 0 Å². The van der Waals surface area contributed by atoms with E-state index in [2.05, 4.69) is 34.5 Å². The zero-order valence-electron chi connectivity index (χ0n) is 15.2. The predicted molar refractivity (Wildman–Crippen MR) is 112 cm³/mol. The molecule has 27 heavy (non-hydrogen) atoms. The number of benzene rings is 2. The fraction of sp³-hybridized carbons (Fsp3) is 0.238. The number of aryl methyl sites for hydroxylation is 1. The molecule has 3 N–H and O–H groups in total. The van der Waals surface area contributed by atoms with Crippen molar-refractivity contribution in [1.29, 1.82) is 0 Å². The molecule has 4 rings (SSSR count). The first kappa shape index (κ1) is 17.8. The first-order chi connectivity index (χ1) is 13.1. The summed E-state index contributed by atoms with van der Waals surface area (Å²) in [4.78, 5) is 20.4. The van der Waals surface area contributed by atoms with E-state index in [1.54, 1.807) is 0 Å². The van der Waals surface area contributed by atoms with Gasteiger partial charge in [-0.2, -0.15) is 0 Å². The zero-order valence-corrected chi connectivity index (χ0v) is 16.1. The second kappa shape index (κ2) is 7.58. The van der Waals surface area contributed by atoms with Gasteiger partial charge in [-0.1, -0.05) is 29.8 Å². The average molecular weight is 379 g/mol. The molecule has 0 unspecified atom stereocenters. The number of hydrogen-bond acceptors (Lipinski definition) is 5. The number of thioether (sulfide) groups is 1. The Labute approximate surface area is 163 Å². The minimum Gasteiger partial charge on any atom is -0.351 e. The summed E-state index contributed by atoms with van der Waals surface area (Å²) in [5.41, 5.74) is 9.57. The Balaban J connectivity index is 1.77. The summed E-state index contributed by atoms with van der Waals surface area (Å²) in [7, 11) is 0. The molecule has 0 aliphatic carbocycles. The molecule has 0 saturated carbocycles. The fourth-order valence-corrected chi connectivity index (χ4v) is 4.34. The molecule has 0 fully saturated rings. The molecule has 0 spiro atoms. The highest BCUT2D eigenvalue weighted by Crippen LogP contribution is 2.32. The van der Waals surface area contributed by atoms with Crippen molar-refractivity contribution in [2.24, 2.45) is 5.73 Å². The molecule has 1 aliphatic heterocycles. The van der Waals surface area contributed by atoms with Gasteiger partial charge < -0.3 is 16.0 Å². The second-order valence-electron chi connectivity index (χ2n) is 6.68. The SMILES string of the molecule is Cc1ccc2nc(N3CCSc4ccccc4C3)cc(NC(=O)CN)c2c1. The topological polar surface area (TPSA) is 71.2 Å². The molecule has 2 aromatic carbocycles. The molecule has 138 valence electrons. The summed E-state index contributed by atoms with van der Waals surface area (Å²) in [6.45, 7) is 3.69. The maximum absolute atomic E-state index is 11.9. The van der Waals surface area contributed by atoms with E-state index in [9.17, 15) is 4.79 Å². The van der Waals surface area contributed by atoms with Crippen LogP contribution in [0.4, 0.5) is 11.5 Å². The van der Waals surface area contributed by atoms with Crippen molar-refractivity contribution in [2.75, 3.05) is 29.1 Å². The Bertz CT molecular complexity index is 1000. The molecule has 0 bridgehead atoms. The smallest absolute Gasteiger partial charge is 0.238 e. The standard InChI is InChI=1S/C21H22N4OS/c1-14-6-7-17-16(10-14)18(24-21(26)12-22)11-20(23-17)25-8-9-27-19-5-3-2-4-15(19)13-25/h2-7,10-11H,8-9,12-13,22H2,1H3,(H,23,24,26). The van der Waals surface area contributed by atoms with Gasteiger partial charge in [-0.15, -0.1) is 11.8 Å². The molecular formula is C21H22N4OS. The van der Waals surface area contributed by atoms with Gasteiger partial charge in [-0.3, -0.25) is 4.79 Å². The van der Waals surface area contributed by atoms with Crippen LogP contribution < -0.4 is 16.0 Å². The zero-order chi connectivity index (χ0) is 18.8. The van der Waals surface area contributed by atoms with Crippen LogP contribution in [0, 0.1) is 6.92 Å². The summed E-state index contributed by atoms with van der Waals surface area (Å²) in [6, 6.07) is 16.6. The van der Waals surface area contributed by atoms with E-state index in [-0.39, 0.29) is 12.5 Å². The Morgan fingerprint density at radius 2 is 2.11 bits per heavy atom. The number of anilines is 2. The van der Waals surface area contributed by atoms with Crippen LogP contribution in [0.5, 0.6) is 0 Å². The Kier molecular flexibility index (Phi) is 5.01. The van der Waals surface area contributed by atoms with Crippen molar-refractivity contribution in [2.45, 2.75) is 18.4 Å². The Morgan fingerprint density at radius 1 is 1.26 bits per heavy atom. The molecule has 0 saturated heterocycles. The van der Waals surface area contributed by atoms with E-state index in [1.807, 2.05) is 43.0 Å². The number of nitrogens with zero attached hydrogens (tertiary/aromatic N) is 2. The summed E-state index contributed by atoms with van der Waals surface area (Å²) in [5.74, 6) is 1.66. The Morgan fingerprint density at radius 3 is 2.96 bits per heavy atom. The van der Waals surface area contributed by atoms with Crippen molar-refractivity contribution in [3.05, 3.63) is 59.7 Å². The molecule has 1 aliphatic rings. The van der Waals surface area contributed by atoms with Crippen molar-refractivity contribution in [3.63, 3.8) is 0 Å². The van der Waals surface area contributed by atoms with Gasteiger partial charge in [0.1, 0.15) is 5.82 Å². The average Bonchev–Trinajstić information content (AvgIpc) is 2.90. The lowest BCUT2D eigenvalue weighted by Gasteiger charge is -2.23. The third kappa shape index (κ3) is 3.77. The minimum atomic E-state index is -0.202. The van der Waals surface area contributed by atoms with E-state index in [0.717, 1.165) is 46.8 Å². The summed E-state index contributed by atoms with van der Waals surface area (Å²) in [5, 5.41) is 3.88. The molecule has 0 radical (unpaired) electrons. The fourth-order valence-electron chi connectivity index (χ4n) is 3.31. The number of nitrogens with two attached hydrogens (primary N) is 1. The highest BCUT2D eigenvalue weighted by molar-refractivity contribution is 7.99. The third-order valence-electron chi connectivity index (χ3n) is 4.69. The molecule has 5 nitrogen and oxygen atoms in total. The number of fused-ring (bicyclic) bond motifs is 2. The van der Waals surface area contributed by atoms with Crippen molar-refractivity contribution >= 4 is 40.1 Å². The van der Waals surface area contributed by atoms with Gasteiger partial charge in [0.05, 0.1) is 17.7 Å². The van der Waals surface area contributed by atoms with E-state index < -0.39 is 0 Å². The first-order valence-electron chi connectivity index (χ1n) is 9.01. The van der Waals surface area contributed by atoms with Gasteiger partial charge in [0.25, 0.3) is 0 Å². The van der Waals surface area contributed by atoms with E-state index in [4.69, 9.17) is 10.7 Å². The van der Waals surface area contributed by atoms with Crippen LogP contribution in [0.2, 0.25) is 0 Å². The van der Waals surface area contributed by atoms with Crippen molar-refractivity contribution in [1.82, 2.24) is 4.98 Å². The largest absolute Gasteiger partial charge is 0.351 e. The number of pyridine rings is 1.